The summed E-state index contributed by atoms with van der Waals surface area (Å²) in [5.41, 5.74) is 2.62. The number of rotatable bonds is 4. The largest absolute Gasteiger partial charge is 0.490 e. The molecule has 0 bridgehead atoms. The Hall–Kier alpha value is -1.18. The standard InChI is InChI=1S/C14H21NO/c1-11(2)5-3-6-12-7-4-8-13-14(12)15-9-10-16-13/h4,7-8,11,15H,3,5-6,9-10H2,1-2H3. The van der Waals surface area contributed by atoms with Gasteiger partial charge < -0.3 is 10.1 Å². The first-order chi connectivity index (χ1) is 7.77. The van der Waals surface area contributed by atoms with E-state index in [4.69, 9.17) is 4.74 Å². The van der Waals surface area contributed by atoms with Crippen LogP contribution in [0.5, 0.6) is 5.75 Å². The van der Waals surface area contributed by atoms with E-state index in [1.807, 2.05) is 6.07 Å². The highest BCUT2D eigenvalue weighted by Crippen LogP contribution is 2.31. The summed E-state index contributed by atoms with van der Waals surface area (Å²) in [4.78, 5) is 0. The van der Waals surface area contributed by atoms with Gasteiger partial charge in [-0.1, -0.05) is 32.4 Å². The molecule has 0 saturated carbocycles. The molecule has 1 aliphatic rings. The molecule has 0 unspecified atom stereocenters. The molecule has 88 valence electrons. The van der Waals surface area contributed by atoms with Gasteiger partial charge in [-0.3, -0.25) is 0 Å². The monoisotopic (exact) mass is 219 g/mol. The quantitative estimate of drug-likeness (QED) is 0.837. The topological polar surface area (TPSA) is 21.3 Å². The van der Waals surface area contributed by atoms with E-state index in [1.54, 1.807) is 0 Å². The van der Waals surface area contributed by atoms with E-state index < -0.39 is 0 Å². The van der Waals surface area contributed by atoms with Crippen molar-refractivity contribution in [1.29, 1.82) is 0 Å². The van der Waals surface area contributed by atoms with Gasteiger partial charge in [-0.15, -0.1) is 0 Å². The van der Waals surface area contributed by atoms with Crippen molar-refractivity contribution in [2.45, 2.75) is 33.1 Å². The van der Waals surface area contributed by atoms with E-state index in [0.717, 1.165) is 31.2 Å². The van der Waals surface area contributed by atoms with Crippen LogP contribution in [0.3, 0.4) is 0 Å². The zero-order chi connectivity index (χ0) is 11.4. The van der Waals surface area contributed by atoms with E-state index >= 15 is 0 Å². The van der Waals surface area contributed by atoms with E-state index in [9.17, 15) is 0 Å². The fourth-order valence-electron chi connectivity index (χ4n) is 2.14. The number of benzene rings is 1. The van der Waals surface area contributed by atoms with Gasteiger partial charge in [0.2, 0.25) is 0 Å². The maximum absolute atomic E-state index is 5.63. The number of anilines is 1. The molecule has 2 rings (SSSR count). The number of fused-ring (bicyclic) bond motifs is 1. The zero-order valence-corrected chi connectivity index (χ0v) is 10.3. The van der Waals surface area contributed by atoms with Crippen LogP contribution >= 0.6 is 0 Å². The van der Waals surface area contributed by atoms with Crippen molar-refractivity contribution in [3.05, 3.63) is 23.8 Å². The molecule has 1 aliphatic heterocycles. The zero-order valence-electron chi connectivity index (χ0n) is 10.3. The highest BCUT2D eigenvalue weighted by Gasteiger charge is 2.12. The van der Waals surface area contributed by atoms with E-state index in [1.165, 1.54) is 24.1 Å². The summed E-state index contributed by atoms with van der Waals surface area (Å²) in [6, 6.07) is 6.35. The first kappa shape index (κ1) is 11.3. The van der Waals surface area contributed by atoms with Crippen LogP contribution in [0.4, 0.5) is 5.69 Å². The smallest absolute Gasteiger partial charge is 0.142 e. The molecule has 1 N–H and O–H groups in total. The van der Waals surface area contributed by atoms with Crippen molar-refractivity contribution in [2.24, 2.45) is 5.92 Å². The fourth-order valence-corrected chi connectivity index (χ4v) is 2.14. The number of hydrogen-bond acceptors (Lipinski definition) is 2. The van der Waals surface area contributed by atoms with Crippen molar-refractivity contribution in [3.63, 3.8) is 0 Å². The normalized spacial score (nSPS) is 14.2. The second-order valence-corrected chi connectivity index (χ2v) is 4.85. The van der Waals surface area contributed by atoms with Crippen LogP contribution in [0.1, 0.15) is 32.3 Å². The number of para-hydroxylation sites is 1. The van der Waals surface area contributed by atoms with Crippen LogP contribution in [0.2, 0.25) is 0 Å². The molecular weight excluding hydrogens is 198 g/mol. The minimum Gasteiger partial charge on any atom is -0.490 e. The summed E-state index contributed by atoms with van der Waals surface area (Å²) in [5, 5.41) is 3.44. The molecule has 1 heterocycles. The Morgan fingerprint density at radius 1 is 1.38 bits per heavy atom. The molecule has 0 spiro atoms. The lowest BCUT2D eigenvalue weighted by Crippen LogP contribution is -2.19. The van der Waals surface area contributed by atoms with Gasteiger partial charge in [-0.2, -0.15) is 0 Å². The summed E-state index contributed by atoms with van der Waals surface area (Å²) in [5.74, 6) is 1.82. The molecule has 2 heteroatoms. The number of nitrogens with one attached hydrogen (secondary N) is 1. The van der Waals surface area contributed by atoms with E-state index in [2.05, 4.69) is 31.3 Å². The molecule has 0 atom stereocenters. The Balaban J connectivity index is 2.03. The van der Waals surface area contributed by atoms with Gasteiger partial charge in [0.25, 0.3) is 0 Å². The molecule has 0 amide bonds. The van der Waals surface area contributed by atoms with Gasteiger partial charge in [0.15, 0.2) is 0 Å². The molecule has 1 aromatic carbocycles. The van der Waals surface area contributed by atoms with E-state index in [0.29, 0.717) is 0 Å². The van der Waals surface area contributed by atoms with Gasteiger partial charge in [0.1, 0.15) is 12.4 Å². The third-order valence-electron chi connectivity index (χ3n) is 3.00. The van der Waals surface area contributed by atoms with Crippen LogP contribution in [-0.2, 0) is 6.42 Å². The fraction of sp³-hybridized carbons (Fsp3) is 0.571. The summed E-state index contributed by atoms with van der Waals surface area (Å²) in [6.07, 6.45) is 3.71. The maximum atomic E-state index is 5.63. The van der Waals surface area contributed by atoms with Crippen molar-refractivity contribution >= 4 is 5.69 Å². The van der Waals surface area contributed by atoms with Gasteiger partial charge in [-0.05, 0) is 30.4 Å². The third kappa shape index (κ3) is 2.69. The Morgan fingerprint density at radius 3 is 3.06 bits per heavy atom. The highest BCUT2D eigenvalue weighted by atomic mass is 16.5. The van der Waals surface area contributed by atoms with Crippen molar-refractivity contribution < 1.29 is 4.74 Å². The molecule has 16 heavy (non-hydrogen) atoms. The van der Waals surface area contributed by atoms with Crippen molar-refractivity contribution in [2.75, 3.05) is 18.5 Å². The van der Waals surface area contributed by atoms with E-state index in [-0.39, 0.29) is 0 Å². The van der Waals surface area contributed by atoms with Crippen LogP contribution in [0, 0.1) is 5.92 Å². The molecule has 0 radical (unpaired) electrons. The third-order valence-corrected chi connectivity index (χ3v) is 3.00. The summed E-state index contributed by atoms with van der Waals surface area (Å²) < 4.78 is 5.63. The van der Waals surface area contributed by atoms with Crippen LogP contribution < -0.4 is 10.1 Å². The lowest BCUT2D eigenvalue weighted by atomic mass is 10.0. The predicted molar refractivity (Wildman–Crippen MR) is 68.2 cm³/mol. The number of ether oxygens (including phenoxy) is 1. The molecule has 0 saturated heterocycles. The Morgan fingerprint density at radius 2 is 2.25 bits per heavy atom. The summed E-state index contributed by atoms with van der Waals surface area (Å²) in [6.45, 7) is 6.26. The SMILES string of the molecule is CC(C)CCCc1cccc2c1NCCO2. The Labute approximate surface area is 98.0 Å². The van der Waals surface area contributed by atoms with Gasteiger partial charge >= 0.3 is 0 Å². The average Bonchev–Trinajstić information content (AvgIpc) is 2.29. The molecule has 0 aromatic heterocycles. The lowest BCUT2D eigenvalue weighted by molar-refractivity contribution is 0.323. The second kappa shape index (κ2) is 5.24. The Bertz CT molecular complexity index is 347. The lowest BCUT2D eigenvalue weighted by Gasteiger charge is -2.22. The minimum atomic E-state index is 0.780. The highest BCUT2D eigenvalue weighted by molar-refractivity contribution is 5.63. The van der Waals surface area contributed by atoms with Crippen molar-refractivity contribution in [3.8, 4) is 5.75 Å². The number of hydrogen-bond donors (Lipinski definition) is 1. The van der Waals surface area contributed by atoms with Crippen LogP contribution in [0.25, 0.3) is 0 Å². The van der Waals surface area contributed by atoms with Crippen molar-refractivity contribution in [1.82, 2.24) is 0 Å². The summed E-state index contributed by atoms with van der Waals surface area (Å²) in [7, 11) is 0. The summed E-state index contributed by atoms with van der Waals surface area (Å²) >= 11 is 0. The van der Waals surface area contributed by atoms with Crippen LogP contribution in [0.15, 0.2) is 18.2 Å². The first-order valence-electron chi connectivity index (χ1n) is 6.26. The van der Waals surface area contributed by atoms with Gasteiger partial charge in [0.05, 0.1) is 5.69 Å². The molecule has 1 aromatic rings. The minimum absolute atomic E-state index is 0.780. The molecular formula is C14H21NO. The first-order valence-corrected chi connectivity index (χ1v) is 6.26. The number of aryl methyl sites for hydroxylation is 1. The second-order valence-electron chi connectivity index (χ2n) is 4.85. The van der Waals surface area contributed by atoms with Gasteiger partial charge in [-0.25, -0.2) is 0 Å². The molecule has 0 fully saturated rings. The maximum Gasteiger partial charge on any atom is 0.142 e. The van der Waals surface area contributed by atoms with Gasteiger partial charge in [0, 0.05) is 6.54 Å². The average molecular weight is 219 g/mol. The Kier molecular flexibility index (Phi) is 3.70. The van der Waals surface area contributed by atoms with Crippen LogP contribution in [-0.4, -0.2) is 13.2 Å². The molecule has 2 nitrogen and oxygen atoms in total. The molecule has 0 aliphatic carbocycles. The predicted octanol–water partition coefficient (Wildman–Crippen LogP) is 3.47.